The highest BCUT2D eigenvalue weighted by molar-refractivity contribution is 5.79. The summed E-state index contributed by atoms with van der Waals surface area (Å²) >= 11 is 0. The van der Waals surface area contributed by atoms with Gasteiger partial charge >= 0.3 is 24.3 Å². The van der Waals surface area contributed by atoms with E-state index in [0.717, 1.165) is 6.92 Å². The molecule has 1 saturated heterocycles. The molecule has 25 heavy (non-hydrogen) atoms. The largest absolute Gasteiger partial charge is 0.458 e. The van der Waals surface area contributed by atoms with Gasteiger partial charge in [-0.25, -0.2) is 0 Å². The second-order valence-corrected chi connectivity index (χ2v) is 7.11. The van der Waals surface area contributed by atoms with Crippen molar-refractivity contribution in [2.24, 2.45) is 29.1 Å². The van der Waals surface area contributed by atoms with E-state index < -0.39 is 72.0 Å². The lowest BCUT2D eigenvalue weighted by Crippen LogP contribution is -2.50. The molecule has 10 heteroatoms. The number of halogens is 6. The molecule has 3 fully saturated rings. The molecule has 2 bridgehead atoms. The summed E-state index contributed by atoms with van der Waals surface area (Å²) in [5.41, 5.74) is -2.83. The van der Waals surface area contributed by atoms with Gasteiger partial charge in [-0.15, -0.1) is 0 Å². The minimum atomic E-state index is -4.91. The Morgan fingerprint density at radius 2 is 1.80 bits per heavy atom. The van der Waals surface area contributed by atoms with E-state index in [-0.39, 0.29) is 6.42 Å². The summed E-state index contributed by atoms with van der Waals surface area (Å²) in [5, 5.41) is 0. The maximum atomic E-state index is 13.3. The fourth-order valence-corrected chi connectivity index (χ4v) is 4.31. The zero-order chi connectivity index (χ0) is 18.9. The first-order valence-corrected chi connectivity index (χ1v) is 7.88. The van der Waals surface area contributed by atoms with Crippen molar-refractivity contribution >= 4 is 11.9 Å². The van der Waals surface area contributed by atoms with Crippen molar-refractivity contribution < 1.29 is 45.4 Å². The van der Waals surface area contributed by atoms with Gasteiger partial charge in [0, 0.05) is 11.8 Å². The average molecular weight is 374 g/mol. The van der Waals surface area contributed by atoms with Crippen LogP contribution < -0.4 is 0 Å². The minimum absolute atomic E-state index is 0.0575. The van der Waals surface area contributed by atoms with Crippen molar-refractivity contribution in [2.75, 3.05) is 0 Å². The summed E-state index contributed by atoms with van der Waals surface area (Å²) in [4.78, 5) is 23.9. The molecule has 142 valence electrons. The lowest BCUT2D eigenvalue weighted by atomic mass is 9.78. The molecular formula is C15H16F6O4. The third kappa shape index (κ3) is 2.43. The Labute approximate surface area is 138 Å². The van der Waals surface area contributed by atoms with Gasteiger partial charge in [0.25, 0.3) is 0 Å². The maximum absolute atomic E-state index is 13.3. The van der Waals surface area contributed by atoms with Crippen molar-refractivity contribution in [3.8, 4) is 0 Å². The fraction of sp³-hybridized carbons (Fsp3) is 0.867. The van der Waals surface area contributed by atoms with E-state index in [1.54, 1.807) is 0 Å². The van der Waals surface area contributed by atoms with Gasteiger partial charge in [-0.05, 0) is 19.8 Å². The highest BCUT2D eigenvalue weighted by Gasteiger charge is 2.74. The lowest BCUT2D eigenvalue weighted by molar-refractivity contribution is -0.242. The van der Waals surface area contributed by atoms with Crippen molar-refractivity contribution in [1.29, 1.82) is 0 Å². The summed E-state index contributed by atoms with van der Waals surface area (Å²) in [7, 11) is 0. The molecule has 2 aliphatic carbocycles. The molecule has 1 aliphatic heterocycles. The minimum Gasteiger partial charge on any atom is -0.458 e. The van der Waals surface area contributed by atoms with Crippen LogP contribution >= 0.6 is 0 Å². The molecule has 0 N–H and O–H groups in total. The predicted molar refractivity (Wildman–Crippen MR) is 68.8 cm³/mol. The van der Waals surface area contributed by atoms with Crippen molar-refractivity contribution in [3.05, 3.63) is 0 Å². The van der Waals surface area contributed by atoms with Gasteiger partial charge in [-0.2, -0.15) is 26.3 Å². The molecular weight excluding hydrogens is 358 g/mol. The van der Waals surface area contributed by atoms with Gasteiger partial charge in [-0.3, -0.25) is 9.59 Å². The first-order valence-electron chi connectivity index (χ1n) is 7.88. The normalized spacial score (nSPS) is 39.3. The number of carbonyl (C=O) groups is 2. The molecule has 4 nitrogen and oxygen atoms in total. The second kappa shape index (κ2) is 5.26. The number of carbonyl (C=O) groups excluding carboxylic acids is 2. The van der Waals surface area contributed by atoms with Crippen LogP contribution in [0.2, 0.25) is 0 Å². The monoisotopic (exact) mass is 374 g/mol. The number of rotatable bonds is 3. The highest BCUT2D eigenvalue weighted by Crippen LogP contribution is 2.62. The van der Waals surface area contributed by atoms with Crippen LogP contribution in [0.4, 0.5) is 26.3 Å². The van der Waals surface area contributed by atoms with Crippen LogP contribution in [0, 0.1) is 29.1 Å². The number of hydrogen-bond donors (Lipinski definition) is 0. The van der Waals surface area contributed by atoms with Crippen LogP contribution in [0.25, 0.3) is 0 Å². The average Bonchev–Trinajstić information content (AvgIpc) is 3.07. The summed E-state index contributed by atoms with van der Waals surface area (Å²) in [6, 6.07) is 0. The van der Waals surface area contributed by atoms with Crippen LogP contribution in [0.5, 0.6) is 0 Å². The van der Waals surface area contributed by atoms with Gasteiger partial charge in [0.1, 0.15) is 12.2 Å². The number of ether oxygens (including phenoxy) is 2. The molecule has 3 aliphatic rings. The predicted octanol–water partition coefficient (Wildman–Crippen LogP) is 3.25. The van der Waals surface area contributed by atoms with Crippen LogP contribution in [-0.4, -0.2) is 36.5 Å². The van der Waals surface area contributed by atoms with Crippen LogP contribution in [-0.2, 0) is 19.1 Å². The Kier molecular flexibility index (Phi) is 3.85. The summed E-state index contributed by atoms with van der Waals surface area (Å²) in [6.45, 7) is 1.78. The van der Waals surface area contributed by atoms with E-state index in [1.165, 1.54) is 0 Å². The summed E-state index contributed by atoms with van der Waals surface area (Å²) in [6.07, 6.45) is -12.9. The zero-order valence-electron chi connectivity index (χ0n) is 13.3. The van der Waals surface area contributed by atoms with Gasteiger partial charge in [0.15, 0.2) is 5.41 Å². The number of fused-ring (bicyclic) bond motifs is 1. The molecule has 1 heterocycles. The Morgan fingerprint density at radius 3 is 2.28 bits per heavy atom. The van der Waals surface area contributed by atoms with E-state index >= 15 is 0 Å². The third-order valence-electron chi connectivity index (χ3n) is 5.95. The summed E-state index contributed by atoms with van der Waals surface area (Å²) in [5.74, 6) is -8.11. The smallest absolute Gasteiger partial charge is 0.404 e. The third-order valence-corrected chi connectivity index (χ3v) is 5.95. The van der Waals surface area contributed by atoms with E-state index in [2.05, 4.69) is 0 Å². The Balaban J connectivity index is 1.87. The molecule has 0 spiro atoms. The Morgan fingerprint density at radius 1 is 1.20 bits per heavy atom. The molecule has 0 aromatic heterocycles. The Bertz CT molecular complexity index is 600. The topological polar surface area (TPSA) is 52.6 Å². The lowest BCUT2D eigenvalue weighted by Gasteiger charge is -2.35. The SMILES string of the molecule is CCC(C)(C(=O)OC1C2CC3C1OC(=O)C3C2C(F)(F)F)C(F)(F)F. The number of hydrogen-bond acceptors (Lipinski definition) is 4. The van der Waals surface area contributed by atoms with Gasteiger partial charge in [-0.1, -0.05) is 6.92 Å². The number of alkyl halides is 6. The quantitative estimate of drug-likeness (QED) is 0.562. The molecule has 0 aromatic carbocycles. The summed E-state index contributed by atoms with van der Waals surface area (Å²) < 4.78 is 89.3. The fourth-order valence-electron chi connectivity index (χ4n) is 4.31. The highest BCUT2D eigenvalue weighted by atomic mass is 19.4. The van der Waals surface area contributed by atoms with Crippen LogP contribution in [0.15, 0.2) is 0 Å². The van der Waals surface area contributed by atoms with Crippen molar-refractivity contribution in [1.82, 2.24) is 0 Å². The second-order valence-electron chi connectivity index (χ2n) is 7.11. The molecule has 3 rings (SSSR count). The van der Waals surface area contributed by atoms with E-state index in [4.69, 9.17) is 9.47 Å². The molecule has 7 atom stereocenters. The Hall–Kier alpha value is -1.48. The van der Waals surface area contributed by atoms with E-state index in [1.807, 2.05) is 0 Å². The molecule has 0 amide bonds. The number of esters is 2. The van der Waals surface area contributed by atoms with Crippen LogP contribution in [0.3, 0.4) is 0 Å². The zero-order valence-corrected chi connectivity index (χ0v) is 13.3. The molecule has 0 radical (unpaired) electrons. The van der Waals surface area contributed by atoms with Crippen LogP contribution in [0.1, 0.15) is 26.7 Å². The first kappa shape index (κ1) is 18.3. The van der Waals surface area contributed by atoms with Gasteiger partial charge < -0.3 is 9.47 Å². The van der Waals surface area contributed by atoms with Gasteiger partial charge in [0.2, 0.25) is 0 Å². The standard InChI is InChI=1S/C15H16F6O4/c1-3-13(2,15(19,20)21)12(23)25-10-6-4-5-7(8(6)14(16,17)18)11(22)24-9(5)10/h5-10H,3-4H2,1-2H3. The van der Waals surface area contributed by atoms with Gasteiger partial charge in [0.05, 0.1) is 11.8 Å². The maximum Gasteiger partial charge on any atom is 0.404 e. The van der Waals surface area contributed by atoms with E-state index in [0.29, 0.717) is 6.92 Å². The van der Waals surface area contributed by atoms with E-state index in [9.17, 15) is 35.9 Å². The molecule has 2 saturated carbocycles. The molecule has 7 unspecified atom stereocenters. The van der Waals surface area contributed by atoms with Crippen molar-refractivity contribution in [2.45, 2.75) is 51.2 Å². The van der Waals surface area contributed by atoms with Crippen molar-refractivity contribution in [3.63, 3.8) is 0 Å². The first-order chi connectivity index (χ1) is 11.3. The molecule has 0 aromatic rings.